The quantitative estimate of drug-likeness (QED) is 0.180. The summed E-state index contributed by atoms with van der Waals surface area (Å²) in [7, 11) is 5.53. The van der Waals surface area contributed by atoms with Gasteiger partial charge in [0.25, 0.3) is 5.91 Å². The minimum absolute atomic E-state index is 0.0138. The van der Waals surface area contributed by atoms with Crippen LogP contribution in [0.25, 0.3) is 33.4 Å². The number of carbonyl (C=O) groups excluding carboxylic acids is 4. The van der Waals surface area contributed by atoms with Gasteiger partial charge in [-0.1, -0.05) is 40.3 Å². The third kappa shape index (κ3) is 9.82. The highest BCUT2D eigenvalue weighted by molar-refractivity contribution is 7.10. The Morgan fingerprint density at radius 1 is 1.14 bits per heavy atom. The van der Waals surface area contributed by atoms with E-state index in [0.29, 0.717) is 24.5 Å². The summed E-state index contributed by atoms with van der Waals surface area (Å²) >= 11 is 1.47. The van der Waals surface area contributed by atoms with Crippen LogP contribution in [-0.4, -0.2) is 130 Å². The normalized spacial score (nSPS) is 21.7. The lowest BCUT2D eigenvalue weighted by atomic mass is 9.83. The molecule has 2 saturated heterocycles. The van der Waals surface area contributed by atoms with Crippen LogP contribution in [0.4, 0.5) is 0 Å². The second-order valence-electron chi connectivity index (χ2n) is 19.1. The van der Waals surface area contributed by atoms with Crippen molar-refractivity contribution in [1.29, 1.82) is 0 Å². The third-order valence-corrected chi connectivity index (χ3v) is 14.1. The summed E-state index contributed by atoms with van der Waals surface area (Å²) in [5.41, 5.74) is 10.7. The molecule has 0 spiro atoms. The number of nitrogens with zero attached hydrogens (tertiary/aromatic N) is 7. The van der Waals surface area contributed by atoms with Gasteiger partial charge in [-0.2, -0.15) is 0 Å². The molecule has 5 atom stereocenters. The molecule has 1 aromatic carbocycles. The monoisotopic (exact) mass is 893 g/mol. The molecule has 7 rings (SSSR count). The Morgan fingerprint density at radius 2 is 1.92 bits per heavy atom. The van der Waals surface area contributed by atoms with Crippen LogP contribution < -0.4 is 10.7 Å². The number of methoxy groups -OCH3 is 1. The summed E-state index contributed by atoms with van der Waals surface area (Å²) in [6.45, 7) is 19.8. The van der Waals surface area contributed by atoms with E-state index in [1.165, 1.54) is 33.3 Å². The molecule has 3 aliphatic heterocycles. The Labute approximate surface area is 382 Å². The molecule has 2 fully saturated rings. The molecule has 3 aromatic heterocycles. The fraction of sp³-hybridized carbons (Fsp3) is 0.551. The molecule has 3 aliphatic rings. The maximum atomic E-state index is 14.7. The number of aromatic nitrogens is 3. The van der Waals surface area contributed by atoms with Crippen molar-refractivity contribution in [3.05, 3.63) is 70.8 Å². The van der Waals surface area contributed by atoms with E-state index in [1.54, 1.807) is 24.1 Å². The number of fused-ring (bicyclic) bond motifs is 6. The molecule has 6 bridgehead atoms. The zero-order valence-corrected chi connectivity index (χ0v) is 40.0. The van der Waals surface area contributed by atoms with Gasteiger partial charge in [-0.15, -0.1) is 11.3 Å². The highest BCUT2D eigenvalue weighted by Gasteiger charge is 2.40. The zero-order valence-electron chi connectivity index (χ0n) is 39.1. The summed E-state index contributed by atoms with van der Waals surface area (Å²) in [6, 6.07) is 8.99. The fourth-order valence-electron chi connectivity index (χ4n) is 10.3. The Hall–Kier alpha value is -4.96. The average Bonchev–Trinajstić information content (AvgIpc) is 4.02. The molecule has 4 amide bonds. The first-order valence-corrected chi connectivity index (χ1v) is 23.7. The number of thiazole rings is 1. The number of aryl methyl sites for hydroxylation is 1. The van der Waals surface area contributed by atoms with Gasteiger partial charge in [-0.25, -0.2) is 10.4 Å². The summed E-state index contributed by atoms with van der Waals surface area (Å²) < 4.78 is 8.26. The second kappa shape index (κ2) is 19.6. The molecule has 344 valence electrons. The topological polar surface area (TPSA) is 145 Å². The standard InChI is InChI=1S/C49H67N9O5S/c1-11-42(59)56-22-19-33(26-56)47(61)55(9)44(30(3)4)46(60)52-38-24-41-51-39(28-64-41)32-17-18-40-36(23-32)37(45(57(40)12-2)35-16-13-20-50-43(35)31(5)63-10)25-49(6,7)29-54(8)27-34-15-14-21-58(53-34)48(38)62/h11,13,16-18,20,23,28,30-31,33-34,38,44,53H,1,12,14-15,19,21-22,24-27,29H2,2-10H3,(H,52,60)/t31-,33-,34-,38-,44?/m0/s1. The number of likely N-dealkylation sites (N-methyl/N-ethyl adjacent to an activating group) is 2. The SMILES string of the molecule is C=CC(=O)N1CC[C@H](C(=O)N(C)C(C(=O)N[C@H]2Cc3nc(cs3)-c3ccc4c(c3)c(c(-c3cccnc3[C@H](C)OC)n4CC)CC(C)(C)CN(C)C[C@@H]3CCCN(N3)C2=O)C(C)C)C1. The van der Waals surface area contributed by atoms with Gasteiger partial charge in [0.2, 0.25) is 17.7 Å². The minimum atomic E-state index is -0.941. The lowest BCUT2D eigenvalue weighted by Gasteiger charge is -2.39. The number of amides is 4. The Balaban J connectivity index is 1.27. The summed E-state index contributed by atoms with van der Waals surface area (Å²) in [4.78, 5) is 70.8. The second-order valence-corrected chi connectivity index (χ2v) is 20.1. The van der Waals surface area contributed by atoms with Crippen LogP contribution in [0.3, 0.4) is 0 Å². The number of likely N-dealkylation sites (tertiary alicyclic amines) is 1. The maximum absolute atomic E-state index is 14.7. The molecular weight excluding hydrogens is 827 g/mol. The van der Waals surface area contributed by atoms with E-state index in [2.05, 4.69) is 78.9 Å². The van der Waals surface area contributed by atoms with Crippen molar-refractivity contribution in [3.63, 3.8) is 0 Å². The van der Waals surface area contributed by atoms with E-state index >= 15 is 0 Å². The number of hydrazine groups is 1. The Morgan fingerprint density at radius 3 is 2.64 bits per heavy atom. The first kappa shape index (κ1) is 47.0. The smallest absolute Gasteiger partial charge is 0.259 e. The van der Waals surface area contributed by atoms with E-state index in [0.717, 1.165) is 72.6 Å². The molecule has 1 unspecified atom stereocenters. The largest absolute Gasteiger partial charge is 0.375 e. The molecule has 4 aromatic rings. The van der Waals surface area contributed by atoms with Crippen LogP contribution in [0.2, 0.25) is 0 Å². The van der Waals surface area contributed by atoms with E-state index < -0.39 is 23.9 Å². The molecular formula is C49H67N9O5S. The fourth-order valence-corrected chi connectivity index (χ4v) is 11.2. The summed E-state index contributed by atoms with van der Waals surface area (Å²) in [5.74, 6) is -1.73. The van der Waals surface area contributed by atoms with E-state index in [4.69, 9.17) is 14.7 Å². The van der Waals surface area contributed by atoms with Gasteiger partial charge < -0.3 is 29.3 Å². The van der Waals surface area contributed by atoms with Crippen LogP contribution >= 0.6 is 11.3 Å². The van der Waals surface area contributed by atoms with Crippen molar-refractivity contribution in [2.45, 2.75) is 104 Å². The van der Waals surface area contributed by atoms with Crippen molar-refractivity contribution in [2.24, 2.45) is 17.3 Å². The Kier molecular flexibility index (Phi) is 14.4. The van der Waals surface area contributed by atoms with Gasteiger partial charge in [0.15, 0.2) is 0 Å². The molecule has 0 radical (unpaired) electrons. The molecule has 0 saturated carbocycles. The van der Waals surface area contributed by atoms with Gasteiger partial charge in [0.1, 0.15) is 12.1 Å². The third-order valence-electron chi connectivity index (χ3n) is 13.3. The highest BCUT2D eigenvalue weighted by atomic mass is 32.1. The van der Waals surface area contributed by atoms with Crippen LogP contribution in [0.5, 0.6) is 0 Å². The van der Waals surface area contributed by atoms with Crippen molar-refractivity contribution < 1.29 is 23.9 Å². The van der Waals surface area contributed by atoms with Crippen molar-refractivity contribution in [3.8, 4) is 22.5 Å². The van der Waals surface area contributed by atoms with Crippen molar-refractivity contribution >= 4 is 45.9 Å². The predicted molar refractivity (Wildman–Crippen MR) is 252 cm³/mol. The van der Waals surface area contributed by atoms with Gasteiger partial charge in [-0.05, 0) is 93.8 Å². The lowest BCUT2D eigenvalue weighted by Crippen LogP contribution is -2.62. The number of hydrogen-bond donors (Lipinski definition) is 2. The molecule has 14 nitrogen and oxygen atoms in total. The van der Waals surface area contributed by atoms with Gasteiger partial charge in [0, 0.05) is 99.5 Å². The highest BCUT2D eigenvalue weighted by Crippen LogP contribution is 2.42. The molecule has 0 aliphatic carbocycles. The van der Waals surface area contributed by atoms with E-state index in [1.807, 2.05) is 38.4 Å². The number of carbonyl (C=O) groups is 4. The predicted octanol–water partition coefficient (Wildman–Crippen LogP) is 6.11. The Bertz CT molecular complexity index is 2370. The van der Waals surface area contributed by atoms with Gasteiger partial charge in [0.05, 0.1) is 34.1 Å². The minimum Gasteiger partial charge on any atom is -0.375 e. The number of ether oxygens (including phenoxy) is 1. The van der Waals surface area contributed by atoms with Gasteiger partial charge >= 0.3 is 0 Å². The zero-order chi connectivity index (χ0) is 46.0. The molecule has 15 heteroatoms. The number of rotatable bonds is 10. The van der Waals surface area contributed by atoms with E-state index in [-0.39, 0.29) is 54.2 Å². The first-order chi connectivity index (χ1) is 30.5. The first-order valence-electron chi connectivity index (χ1n) is 22.9. The molecule has 64 heavy (non-hydrogen) atoms. The number of benzene rings is 1. The van der Waals surface area contributed by atoms with E-state index in [9.17, 15) is 19.2 Å². The average molecular weight is 894 g/mol. The van der Waals surface area contributed by atoms with Crippen molar-refractivity contribution in [2.75, 3.05) is 53.9 Å². The van der Waals surface area contributed by atoms with Crippen molar-refractivity contribution in [1.82, 2.24) is 45.0 Å². The molecule has 6 heterocycles. The number of hydrogen-bond acceptors (Lipinski definition) is 10. The number of nitrogens with one attached hydrogen (secondary N) is 2. The van der Waals surface area contributed by atoms with Gasteiger partial charge in [-0.3, -0.25) is 29.2 Å². The maximum Gasteiger partial charge on any atom is 0.259 e. The van der Waals surface area contributed by atoms with Crippen LogP contribution in [0.1, 0.15) is 83.2 Å². The van der Waals surface area contributed by atoms with Crippen LogP contribution in [-0.2, 0) is 43.3 Å². The summed E-state index contributed by atoms with van der Waals surface area (Å²) in [5, 5.41) is 8.72. The summed E-state index contributed by atoms with van der Waals surface area (Å²) in [6.07, 6.45) is 6.12. The number of pyridine rings is 1. The van der Waals surface area contributed by atoms with Crippen LogP contribution in [0, 0.1) is 17.3 Å². The van der Waals surface area contributed by atoms with Crippen LogP contribution in [0.15, 0.2) is 54.6 Å². The molecule has 2 N–H and O–H groups in total. The lowest BCUT2D eigenvalue weighted by molar-refractivity contribution is -0.146.